The van der Waals surface area contributed by atoms with Gasteiger partial charge in [-0.25, -0.2) is 4.79 Å². The van der Waals surface area contributed by atoms with E-state index in [1.807, 2.05) is 13.8 Å². The minimum atomic E-state index is -1.02. The Bertz CT molecular complexity index is 442. The topological polar surface area (TPSA) is 57.6 Å². The van der Waals surface area contributed by atoms with Gasteiger partial charge in [-0.15, -0.1) is 0 Å². The number of anilines is 1. The molecule has 1 aromatic carbocycles. The summed E-state index contributed by atoms with van der Waals surface area (Å²) in [6.07, 6.45) is 1.36. The molecule has 1 N–H and O–H groups in total. The van der Waals surface area contributed by atoms with E-state index in [-0.39, 0.29) is 11.5 Å². The average molecular weight is 249 g/mol. The van der Waals surface area contributed by atoms with Crippen molar-refractivity contribution in [1.82, 2.24) is 0 Å². The van der Waals surface area contributed by atoms with E-state index in [4.69, 9.17) is 5.11 Å². The molecule has 4 heteroatoms. The van der Waals surface area contributed by atoms with Crippen molar-refractivity contribution in [2.45, 2.75) is 26.7 Å². The van der Waals surface area contributed by atoms with Crippen LogP contribution < -0.4 is 4.90 Å². The molecule has 0 aromatic heterocycles. The fourth-order valence-corrected chi connectivity index (χ4v) is 1.66. The summed E-state index contributed by atoms with van der Waals surface area (Å²) >= 11 is 0. The summed E-state index contributed by atoms with van der Waals surface area (Å²) in [4.78, 5) is 24.5. The molecule has 1 unspecified atom stereocenters. The number of carbonyl (C=O) groups excluding carboxylic acids is 1. The SMILES string of the molecule is CCC(C)CC(=O)N(C)c1ccccc1C(=O)O. The molecular formula is C14H19NO3. The highest BCUT2D eigenvalue weighted by atomic mass is 16.4. The van der Waals surface area contributed by atoms with Crippen molar-refractivity contribution in [3.8, 4) is 0 Å². The third-order valence-electron chi connectivity index (χ3n) is 3.09. The number of benzene rings is 1. The van der Waals surface area contributed by atoms with Crippen molar-refractivity contribution in [3.63, 3.8) is 0 Å². The largest absolute Gasteiger partial charge is 0.478 e. The first-order chi connectivity index (χ1) is 8.47. The third-order valence-corrected chi connectivity index (χ3v) is 3.09. The second kappa shape index (κ2) is 6.19. The van der Waals surface area contributed by atoms with Crippen LogP contribution in [-0.4, -0.2) is 24.0 Å². The van der Waals surface area contributed by atoms with Gasteiger partial charge < -0.3 is 10.0 Å². The van der Waals surface area contributed by atoms with Crippen molar-refractivity contribution in [3.05, 3.63) is 29.8 Å². The van der Waals surface area contributed by atoms with Crippen LogP contribution in [0.5, 0.6) is 0 Å². The van der Waals surface area contributed by atoms with Crippen LogP contribution in [0.3, 0.4) is 0 Å². The van der Waals surface area contributed by atoms with Gasteiger partial charge in [0.05, 0.1) is 11.3 Å². The van der Waals surface area contributed by atoms with E-state index in [0.29, 0.717) is 18.0 Å². The maximum absolute atomic E-state index is 12.0. The quantitative estimate of drug-likeness (QED) is 0.873. The lowest BCUT2D eigenvalue weighted by atomic mass is 10.0. The molecule has 4 nitrogen and oxygen atoms in total. The minimum absolute atomic E-state index is 0.0574. The van der Waals surface area contributed by atoms with Crippen LogP contribution in [0, 0.1) is 5.92 Å². The van der Waals surface area contributed by atoms with Gasteiger partial charge in [-0.1, -0.05) is 32.4 Å². The van der Waals surface area contributed by atoms with Gasteiger partial charge in [0, 0.05) is 13.5 Å². The van der Waals surface area contributed by atoms with E-state index in [1.165, 1.54) is 11.0 Å². The summed E-state index contributed by atoms with van der Waals surface area (Å²) in [5.74, 6) is -0.774. The van der Waals surface area contributed by atoms with Gasteiger partial charge in [0.25, 0.3) is 0 Å². The number of carboxylic acids is 1. The third kappa shape index (κ3) is 3.32. The summed E-state index contributed by atoms with van der Waals surface area (Å²) in [7, 11) is 1.62. The van der Waals surface area contributed by atoms with Crippen LogP contribution in [0.25, 0.3) is 0 Å². The van der Waals surface area contributed by atoms with Crippen LogP contribution in [0.4, 0.5) is 5.69 Å². The molecule has 0 heterocycles. The van der Waals surface area contributed by atoms with E-state index in [0.717, 1.165) is 6.42 Å². The molecule has 0 bridgehead atoms. The molecule has 98 valence electrons. The Hall–Kier alpha value is -1.84. The summed E-state index contributed by atoms with van der Waals surface area (Å²) < 4.78 is 0. The summed E-state index contributed by atoms with van der Waals surface area (Å²) in [6.45, 7) is 4.04. The molecule has 0 saturated heterocycles. The Morgan fingerprint density at radius 3 is 2.50 bits per heavy atom. The molecule has 0 fully saturated rings. The van der Waals surface area contributed by atoms with Crippen LogP contribution in [0.15, 0.2) is 24.3 Å². The van der Waals surface area contributed by atoms with E-state index >= 15 is 0 Å². The zero-order valence-corrected chi connectivity index (χ0v) is 11.0. The fraction of sp³-hybridized carbons (Fsp3) is 0.429. The first-order valence-electron chi connectivity index (χ1n) is 6.06. The van der Waals surface area contributed by atoms with Gasteiger partial charge in [-0.05, 0) is 18.1 Å². The van der Waals surface area contributed by atoms with Gasteiger partial charge in [0.1, 0.15) is 0 Å². The van der Waals surface area contributed by atoms with Gasteiger partial charge in [-0.3, -0.25) is 4.79 Å². The predicted molar refractivity (Wildman–Crippen MR) is 70.9 cm³/mol. The minimum Gasteiger partial charge on any atom is -0.478 e. The smallest absolute Gasteiger partial charge is 0.337 e. The molecule has 1 rings (SSSR count). The van der Waals surface area contributed by atoms with Crippen molar-refractivity contribution in [2.75, 3.05) is 11.9 Å². The molecule has 0 spiro atoms. The highest BCUT2D eigenvalue weighted by molar-refractivity contribution is 6.01. The van der Waals surface area contributed by atoms with E-state index in [2.05, 4.69) is 0 Å². The Kier molecular flexibility index (Phi) is 4.89. The molecule has 1 amide bonds. The fourth-order valence-electron chi connectivity index (χ4n) is 1.66. The number of para-hydroxylation sites is 1. The number of hydrogen-bond donors (Lipinski definition) is 1. The van der Waals surface area contributed by atoms with Gasteiger partial charge in [0.2, 0.25) is 5.91 Å². The first kappa shape index (κ1) is 14.2. The lowest BCUT2D eigenvalue weighted by Crippen LogP contribution is -2.29. The summed E-state index contributed by atoms with van der Waals surface area (Å²) in [6, 6.07) is 6.54. The zero-order valence-electron chi connectivity index (χ0n) is 11.0. The molecule has 18 heavy (non-hydrogen) atoms. The summed E-state index contributed by atoms with van der Waals surface area (Å²) in [5, 5.41) is 9.09. The maximum atomic E-state index is 12.0. The Balaban J connectivity index is 2.93. The first-order valence-corrected chi connectivity index (χ1v) is 6.06. The van der Waals surface area contributed by atoms with Gasteiger partial charge >= 0.3 is 5.97 Å². The van der Waals surface area contributed by atoms with Crippen LogP contribution in [0.2, 0.25) is 0 Å². The van der Waals surface area contributed by atoms with Crippen LogP contribution in [0.1, 0.15) is 37.0 Å². The van der Waals surface area contributed by atoms with Crippen molar-refractivity contribution < 1.29 is 14.7 Å². The second-order valence-electron chi connectivity index (χ2n) is 4.49. The Morgan fingerprint density at radius 2 is 1.94 bits per heavy atom. The number of nitrogens with zero attached hydrogens (tertiary/aromatic N) is 1. The number of rotatable bonds is 5. The molecule has 0 aliphatic heterocycles. The number of hydrogen-bond acceptors (Lipinski definition) is 2. The van der Waals surface area contributed by atoms with Crippen LogP contribution in [-0.2, 0) is 4.79 Å². The molecule has 0 aliphatic rings. The molecule has 1 aromatic rings. The average Bonchev–Trinajstić information content (AvgIpc) is 2.37. The molecule has 1 atom stereocenters. The maximum Gasteiger partial charge on any atom is 0.337 e. The Morgan fingerprint density at radius 1 is 1.33 bits per heavy atom. The van der Waals surface area contributed by atoms with E-state index < -0.39 is 5.97 Å². The van der Waals surface area contributed by atoms with Crippen molar-refractivity contribution in [2.24, 2.45) is 5.92 Å². The number of aromatic carboxylic acids is 1. The lowest BCUT2D eigenvalue weighted by Gasteiger charge is -2.20. The highest BCUT2D eigenvalue weighted by Gasteiger charge is 2.18. The summed E-state index contributed by atoms with van der Waals surface area (Å²) in [5.41, 5.74) is 0.593. The Labute approximate surface area is 107 Å². The molecule has 0 radical (unpaired) electrons. The normalized spacial score (nSPS) is 11.9. The van der Waals surface area contributed by atoms with E-state index in [9.17, 15) is 9.59 Å². The lowest BCUT2D eigenvalue weighted by molar-refractivity contribution is -0.119. The van der Waals surface area contributed by atoms with E-state index in [1.54, 1.807) is 25.2 Å². The highest BCUT2D eigenvalue weighted by Crippen LogP contribution is 2.21. The van der Waals surface area contributed by atoms with Crippen molar-refractivity contribution in [1.29, 1.82) is 0 Å². The number of carbonyl (C=O) groups is 2. The second-order valence-corrected chi connectivity index (χ2v) is 4.49. The standard InChI is InChI=1S/C14H19NO3/c1-4-10(2)9-13(16)15(3)12-8-6-5-7-11(12)14(17)18/h5-8,10H,4,9H2,1-3H3,(H,17,18). The molecule has 0 saturated carbocycles. The zero-order chi connectivity index (χ0) is 13.7. The molecular weight excluding hydrogens is 230 g/mol. The number of amides is 1. The van der Waals surface area contributed by atoms with Gasteiger partial charge in [-0.2, -0.15) is 0 Å². The number of carboxylic acid groups (broad SMARTS) is 1. The van der Waals surface area contributed by atoms with Gasteiger partial charge in [0.15, 0.2) is 0 Å². The monoisotopic (exact) mass is 249 g/mol. The predicted octanol–water partition coefficient (Wildman–Crippen LogP) is 2.78. The molecule has 0 aliphatic carbocycles. The van der Waals surface area contributed by atoms with Crippen molar-refractivity contribution >= 4 is 17.6 Å². The van der Waals surface area contributed by atoms with Crippen LogP contribution >= 0.6 is 0 Å².